The molecule has 0 amide bonds. The number of aromatic nitrogens is 2. The molecule has 0 spiro atoms. The molecule has 0 radical (unpaired) electrons. The van der Waals surface area contributed by atoms with Crippen LogP contribution in [0.15, 0.2) is 17.1 Å². The summed E-state index contributed by atoms with van der Waals surface area (Å²) in [4.78, 5) is 17.6. The fourth-order valence-electron chi connectivity index (χ4n) is 2.47. The third kappa shape index (κ3) is 2.13. The van der Waals surface area contributed by atoms with Crippen LogP contribution in [0.2, 0.25) is 0 Å². The van der Waals surface area contributed by atoms with Crippen molar-refractivity contribution in [3.05, 3.63) is 28.3 Å². The summed E-state index contributed by atoms with van der Waals surface area (Å²) >= 11 is 0. The normalized spacial score (nSPS) is 24.0. The molecule has 2 aliphatic rings. The Balaban J connectivity index is 2.02. The van der Waals surface area contributed by atoms with Gasteiger partial charge in [0, 0.05) is 6.54 Å². The Bertz CT molecular complexity index is 739. The molecule has 2 atom stereocenters. The Morgan fingerprint density at radius 2 is 2.30 bits per heavy atom. The topological polar surface area (TPSA) is 102 Å². The molecule has 20 heavy (non-hydrogen) atoms. The summed E-state index contributed by atoms with van der Waals surface area (Å²) < 4.78 is 28.4. The molecule has 1 aromatic rings. The third-order valence-electron chi connectivity index (χ3n) is 3.27. The van der Waals surface area contributed by atoms with E-state index in [4.69, 9.17) is 4.18 Å². The van der Waals surface area contributed by atoms with E-state index in [1.165, 1.54) is 10.8 Å². The molecular weight excluding hydrogens is 286 g/mol. The van der Waals surface area contributed by atoms with E-state index in [0.29, 0.717) is 11.5 Å². The quantitative estimate of drug-likeness (QED) is 0.709. The second-order valence-corrected chi connectivity index (χ2v) is 6.39. The average Bonchev–Trinajstić information content (AvgIpc) is 2.75. The van der Waals surface area contributed by atoms with Gasteiger partial charge in [-0.1, -0.05) is 0 Å². The number of hydrogen-bond acceptors (Lipinski definition) is 7. The van der Waals surface area contributed by atoms with Gasteiger partial charge in [-0.25, -0.2) is 4.98 Å². The molecule has 3 heterocycles. The van der Waals surface area contributed by atoms with Crippen molar-refractivity contribution in [2.75, 3.05) is 24.3 Å². The molecule has 0 saturated heterocycles. The molecule has 0 aliphatic carbocycles. The molecular formula is C11H13N3O5S. The third-order valence-corrected chi connectivity index (χ3v) is 3.84. The highest BCUT2D eigenvalue weighted by molar-refractivity contribution is 7.85. The van der Waals surface area contributed by atoms with Gasteiger partial charge in [0.05, 0.1) is 25.1 Å². The molecule has 1 aromatic heterocycles. The van der Waals surface area contributed by atoms with Crippen molar-refractivity contribution < 1.29 is 17.7 Å². The van der Waals surface area contributed by atoms with Gasteiger partial charge in [-0.15, -0.1) is 0 Å². The van der Waals surface area contributed by atoms with Crippen LogP contribution in [0.25, 0.3) is 6.08 Å². The van der Waals surface area contributed by atoms with Crippen molar-refractivity contribution in [2.45, 2.75) is 12.3 Å². The lowest BCUT2D eigenvalue weighted by molar-refractivity contribution is 0.211. The first-order chi connectivity index (χ1) is 9.37. The Kier molecular flexibility index (Phi) is 2.92. The van der Waals surface area contributed by atoms with Gasteiger partial charge in [0.1, 0.15) is 17.7 Å². The van der Waals surface area contributed by atoms with Gasteiger partial charge in [0.15, 0.2) is 0 Å². The number of rotatable bonds is 3. The summed E-state index contributed by atoms with van der Waals surface area (Å²) in [6.45, 7) is 0.132. The number of aliphatic hydroxyl groups excluding tert-OH is 1. The molecule has 2 aliphatic heterocycles. The van der Waals surface area contributed by atoms with E-state index in [1.807, 2.05) is 0 Å². The highest BCUT2D eigenvalue weighted by Gasteiger charge is 2.36. The molecule has 1 N–H and O–H groups in total. The molecule has 108 valence electrons. The Hall–Kier alpha value is -1.71. The lowest BCUT2D eigenvalue weighted by Crippen LogP contribution is -2.35. The number of hydrogen-bond donors (Lipinski definition) is 1. The lowest BCUT2D eigenvalue weighted by atomic mass is 10.2. The molecule has 9 heteroatoms. The van der Waals surface area contributed by atoms with E-state index < -0.39 is 22.4 Å². The standard InChI is InChI=1S/C11H13N3O5S/c1-20(17,18)19-6-7-5-13-9(15)3-2-8-11(13)14(7)10(16)4-12-8/h2-4,7,9,15H,5-6H2,1H3/t7-,9?/m0/s1. The van der Waals surface area contributed by atoms with Gasteiger partial charge in [0.25, 0.3) is 15.7 Å². The van der Waals surface area contributed by atoms with Crippen molar-refractivity contribution in [1.82, 2.24) is 9.55 Å². The Morgan fingerprint density at radius 1 is 1.55 bits per heavy atom. The molecule has 1 unspecified atom stereocenters. The fraction of sp³-hybridized carbons (Fsp3) is 0.455. The van der Waals surface area contributed by atoms with Crippen LogP contribution in [-0.2, 0) is 14.3 Å². The molecule has 0 fully saturated rings. The average molecular weight is 299 g/mol. The summed E-state index contributed by atoms with van der Waals surface area (Å²) in [5, 5.41) is 9.92. The maximum absolute atomic E-state index is 12.0. The number of aliphatic hydroxyl groups is 1. The largest absolute Gasteiger partial charge is 0.370 e. The van der Waals surface area contributed by atoms with Crippen molar-refractivity contribution >= 4 is 22.0 Å². The molecule has 8 nitrogen and oxygen atoms in total. The van der Waals surface area contributed by atoms with E-state index >= 15 is 0 Å². The maximum atomic E-state index is 12.0. The van der Waals surface area contributed by atoms with Crippen molar-refractivity contribution in [3.63, 3.8) is 0 Å². The zero-order valence-corrected chi connectivity index (χ0v) is 11.4. The zero-order valence-electron chi connectivity index (χ0n) is 10.6. The van der Waals surface area contributed by atoms with Crippen LogP contribution >= 0.6 is 0 Å². The minimum absolute atomic E-state index is 0.154. The number of anilines is 1. The maximum Gasteiger partial charge on any atom is 0.271 e. The van der Waals surface area contributed by atoms with Crippen LogP contribution in [0.5, 0.6) is 0 Å². The zero-order chi connectivity index (χ0) is 14.5. The highest BCUT2D eigenvalue weighted by Crippen LogP contribution is 2.34. The van der Waals surface area contributed by atoms with Gasteiger partial charge < -0.3 is 10.0 Å². The Labute approximate surface area is 115 Å². The van der Waals surface area contributed by atoms with E-state index in [1.54, 1.807) is 17.1 Å². The number of nitrogens with zero attached hydrogens (tertiary/aromatic N) is 3. The SMILES string of the molecule is CS(=O)(=O)OC[C@@H]1CN2c3c(ncc(=O)n31)C=CC2O. The first-order valence-electron chi connectivity index (χ1n) is 5.96. The van der Waals surface area contributed by atoms with Crippen LogP contribution < -0.4 is 10.5 Å². The van der Waals surface area contributed by atoms with Crippen LogP contribution in [0.3, 0.4) is 0 Å². The summed E-state index contributed by atoms with van der Waals surface area (Å²) in [5.74, 6) is 0.495. The summed E-state index contributed by atoms with van der Waals surface area (Å²) in [6.07, 6.45) is 4.46. The minimum atomic E-state index is -3.59. The Morgan fingerprint density at radius 3 is 3.00 bits per heavy atom. The van der Waals surface area contributed by atoms with Gasteiger partial charge in [0.2, 0.25) is 0 Å². The highest BCUT2D eigenvalue weighted by atomic mass is 32.2. The lowest BCUT2D eigenvalue weighted by Gasteiger charge is -2.26. The summed E-state index contributed by atoms with van der Waals surface area (Å²) in [7, 11) is -3.59. The predicted molar refractivity (Wildman–Crippen MR) is 70.7 cm³/mol. The van der Waals surface area contributed by atoms with Crippen LogP contribution in [0, 0.1) is 0 Å². The monoisotopic (exact) mass is 299 g/mol. The van der Waals surface area contributed by atoms with Crippen LogP contribution in [0.1, 0.15) is 11.7 Å². The van der Waals surface area contributed by atoms with Gasteiger partial charge in [-0.3, -0.25) is 13.5 Å². The first-order valence-corrected chi connectivity index (χ1v) is 7.77. The molecule has 3 rings (SSSR count). The molecule has 0 aromatic carbocycles. The minimum Gasteiger partial charge on any atom is -0.370 e. The second-order valence-electron chi connectivity index (χ2n) is 4.74. The van der Waals surface area contributed by atoms with E-state index in [2.05, 4.69) is 4.98 Å². The smallest absolute Gasteiger partial charge is 0.271 e. The van der Waals surface area contributed by atoms with Crippen molar-refractivity contribution in [3.8, 4) is 0 Å². The summed E-state index contributed by atoms with van der Waals surface area (Å²) in [5.41, 5.74) is 0.215. The van der Waals surface area contributed by atoms with E-state index in [-0.39, 0.29) is 18.7 Å². The molecule has 0 saturated carbocycles. The van der Waals surface area contributed by atoms with Gasteiger partial charge in [-0.05, 0) is 12.2 Å². The molecule has 0 bridgehead atoms. The second kappa shape index (κ2) is 4.40. The van der Waals surface area contributed by atoms with Crippen LogP contribution in [-0.4, -0.2) is 48.7 Å². The van der Waals surface area contributed by atoms with E-state index in [9.17, 15) is 18.3 Å². The van der Waals surface area contributed by atoms with Crippen molar-refractivity contribution in [1.29, 1.82) is 0 Å². The van der Waals surface area contributed by atoms with Gasteiger partial charge >= 0.3 is 0 Å². The van der Waals surface area contributed by atoms with E-state index in [0.717, 1.165) is 6.26 Å². The fourth-order valence-corrected chi connectivity index (χ4v) is 2.87. The predicted octanol–water partition coefficient (Wildman–Crippen LogP) is -1.07. The van der Waals surface area contributed by atoms with Gasteiger partial charge in [-0.2, -0.15) is 8.42 Å². The first kappa shape index (κ1) is 13.3. The van der Waals surface area contributed by atoms with Crippen LogP contribution in [0.4, 0.5) is 5.82 Å². The summed E-state index contributed by atoms with van der Waals surface area (Å²) in [6, 6.07) is -0.483. The van der Waals surface area contributed by atoms with Crippen molar-refractivity contribution in [2.24, 2.45) is 0 Å².